The lowest BCUT2D eigenvalue weighted by Crippen LogP contribution is -2.37. The van der Waals surface area contributed by atoms with E-state index in [1.807, 2.05) is 44.2 Å². The van der Waals surface area contributed by atoms with Crippen LogP contribution in [0.5, 0.6) is 11.5 Å². The third-order valence-electron chi connectivity index (χ3n) is 4.52. The number of benzene rings is 2. The van der Waals surface area contributed by atoms with Crippen LogP contribution in [0.25, 0.3) is 0 Å². The quantitative estimate of drug-likeness (QED) is 0.537. The summed E-state index contributed by atoms with van der Waals surface area (Å²) < 4.78 is 12.3. The molecule has 0 aliphatic heterocycles. The molecule has 0 fully saturated rings. The summed E-state index contributed by atoms with van der Waals surface area (Å²) in [5.41, 5.74) is 3.20. The van der Waals surface area contributed by atoms with E-state index in [2.05, 4.69) is 34.2 Å². The second-order valence-electron chi connectivity index (χ2n) is 7.21. The van der Waals surface area contributed by atoms with E-state index in [0.717, 1.165) is 15.6 Å². The van der Waals surface area contributed by atoms with Crippen LogP contribution < -0.4 is 14.8 Å². The van der Waals surface area contributed by atoms with E-state index >= 15 is 0 Å². The second-order valence-corrected chi connectivity index (χ2v) is 8.07. The molecule has 0 aliphatic carbocycles. The fraction of sp³-hybridized carbons (Fsp3) is 0.409. The van der Waals surface area contributed by atoms with Crippen molar-refractivity contribution in [3.8, 4) is 11.5 Å². The van der Waals surface area contributed by atoms with Gasteiger partial charge >= 0.3 is 5.97 Å². The topological polar surface area (TPSA) is 67.8 Å². The van der Waals surface area contributed by atoms with Crippen LogP contribution in [0, 0.1) is 12.8 Å². The molecule has 0 aliphatic rings. The fourth-order valence-electron chi connectivity index (χ4n) is 2.89. The van der Waals surface area contributed by atoms with Gasteiger partial charge in [-0.25, -0.2) is 0 Å². The number of aliphatic carboxylic acids is 1. The van der Waals surface area contributed by atoms with Crippen molar-refractivity contribution in [2.45, 2.75) is 46.4 Å². The monoisotopic (exact) mass is 449 g/mol. The van der Waals surface area contributed by atoms with Gasteiger partial charge in [-0.3, -0.25) is 4.79 Å². The highest BCUT2D eigenvalue weighted by Gasteiger charge is 2.19. The highest BCUT2D eigenvalue weighted by atomic mass is 79.9. The lowest BCUT2D eigenvalue weighted by molar-refractivity contribution is -0.140. The maximum atomic E-state index is 11.4. The molecule has 152 valence electrons. The third-order valence-corrected chi connectivity index (χ3v) is 5.26. The number of aryl methyl sites for hydroxylation is 1. The van der Waals surface area contributed by atoms with Crippen molar-refractivity contribution in [2.24, 2.45) is 5.92 Å². The number of hydrogen-bond acceptors (Lipinski definition) is 4. The summed E-state index contributed by atoms with van der Waals surface area (Å²) >= 11 is 3.57. The molecule has 0 spiro atoms. The van der Waals surface area contributed by atoms with Crippen LogP contribution in [-0.2, 0) is 17.9 Å². The predicted octanol–water partition coefficient (Wildman–Crippen LogP) is 4.93. The number of hydrogen-bond donors (Lipinski definition) is 2. The van der Waals surface area contributed by atoms with E-state index in [9.17, 15) is 9.90 Å². The van der Waals surface area contributed by atoms with Crippen LogP contribution in [0.4, 0.5) is 0 Å². The van der Waals surface area contributed by atoms with Crippen molar-refractivity contribution in [1.82, 2.24) is 5.32 Å². The van der Waals surface area contributed by atoms with Crippen molar-refractivity contribution < 1.29 is 19.4 Å². The largest absolute Gasteiger partial charge is 0.493 e. The summed E-state index contributed by atoms with van der Waals surface area (Å²) in [6.07, 6.45) is 0.571. The van der Waals surface area contributed by atoms with E-state index in [0.29, 0.717) is 37.0 Å². The Morgan fingerprint density at radius 1 is 1.18 bits per heavy atom. The first-order valence-electron chi connectivity index (χ1n) is 9.31. The molecule has 28 heavy (non-hydrogen) atoms. The van der Waals surface area contributed by atoms with Crippen molar-refractivity contribution in [2.75, 3.05) is 7.11 Å². The summed E-state index contributed by atoms with van der Waals surface area (Å²) in [4.78, 5) is 11.4. The summed E-state index contributed by atoms with van der Waals surface area (Å²) in [6.45, 7) is 6.94. The molecule has 5 nitrogen and oxygen atoms in total. The molecular formula is C22H28BrNO4. The van der Waals surface area contributed by atoms with Crippen LogP contribution in [0.2, 0.25) is 0 Å². The molecule has 0 bridgehead atoms. The molecular weight excluding hydrogens is 422 g/mol. The zero-order chi connectivity index (χ0) is 20.7. The zero-order valence-electron chi connectivity index (χ0n) is 16.8. The third kappa shape index (κ3) is 6.24. The summed E-state index contributed by atoms with van der Waals surface area (Å²) in [5.74, 6) is 0.710. The van der Waals surface area contributed by atoms with Crippen LogP contribution in [0.1, 0.15) is 37.0 Å². The Morgan fingerprint density at radius 3 is 2.50 bits per heavy atom. The standard InChI is InChI=1S/C22H28BrNO4/c1-14(2)9-19(22(25)26)24-12-17-10-20(27-4)21(11-18(17)23)28-13-16-8-6-5-7-15(16)3/h5-8,10-11,14,19,24H,9,12-13H2,1-4H3,(H,25,26). The normalized spacial score (nSPS) is 12.1. The molecule has 2 aromatic rings. The van der Waals surface area contributed by atoms with Gasteiger partial charge in [-0.1, -0.05) is 54.0 Å². The van der Waals surface area contributed by atoms with Gasteiger partial charge in [0.25, 0.3) is 0 Å². The molecule has 0 saturated heterocycles. The highest BCUT2D eigenvalue weighted by molar-refractivity contribution is 9.10. The summed E-state index contributed by atoms with van der Waals surface area (Å²) in [6, 6.07) is 11.2. The van der Waals surface area contributed by atoms with Crippen molar-refractivity contribution in [1.29, 1.82) is 0 Å². The first kappa shape index (κ1) is 22.2. The molecule has 0 aromatic heterocycles. The minimum absolute atomic E-state index is 0.295. The van der Waals surface area contributed by atoms with Gasteiger partial charge in [0.05, 0.1) is 7.11 Å². The highest BCUT2D eigenvalue weighted by Crippen LogP contribution is 2.34. The van der Waals surface area contributed by atoms with E-state index in [-0.39, 0.29) is 0 Å². The molecule has 0 radical (unpaired) electrons. The van der Waals surface area contributed by atoms with E-state index in [1.54, 1.807) is 7.11 Å². The molecule has 6 heteroatoms. The molecule has 2 rings (SSSR count). The Hall–Kier alpha value is -2.05. The van der Waals surface area contributed by atoms with Gasteiger partial charge in [0, 0.05) is 11.0 Å². The average Bonchev–Trinajstić information content (AvgIpc) is 2.65. The zero-order valence-corrected chi connectivity index (χ0v) is 18.4. The lowest BCUT2D eigenvalue weighted by Gasteiger charge is -2.18. The van der Waals surface area contributed by atoms with E-state index in [4.69, 9.17) is 9.47 Å². The first-order valence-corrected chi connectivity index (χ1v) is 10.1. The van der Waals surface area contributed by atoms with Gasteiger partial charge in [0.15, 0.2) is 11.5 Å². The van der Waals surface area contributed by atoms with Gasteiger partial charge in [-0.05, 0) is 48.1 Å². The number of nitrogens with one attached hydrogen (secondary N) is 1. The Morgan fingerprint density at radius 2 is 1.89 bits per heavy atom. The minimum atomic E-state index is -0.838. The van der Waals surface area contributed by atoms with E-state index < -0.39 is 12.0 Å². The van der Waals surface area contributed by atoms with Gasteiger partial charge in [-0.15, -0.1) is 0 Å². The lowest BCUT2D eigenvalue weighted by atomic mass is 10.0. The van der Waals surface area contributed by atoms with Crippen LogP contribution in [-0.4, -0.2) is 24.2 Å². The SMILES string of the molecule is COc1cc(CNC(CC(C)C)C(=O)O)c(Br)cc1OCc1ccccc1C. The molecule has 1 unspecified atom stereocenters. The summed E-state index contributed by atoms with van der Waals surface area (Å²) in [7, 11) is 1.60. The van der Waals surface area contributed by atoms with Crippen LogP contribution >= 0.6 is 15.9 Å². The average molecular weight is 450 g/mol. The number of halogens is 1. The Labute approximate surface area is 175 Å². The number of carboxylic acids is 1. The minimum Gasteiger partial charge on any atom is -0.493 e. The second kappa shape index (κ2) is 10.5. The molecule has 2 N–H and O–H groups in total. The molecule has 0 amide bonds. The maximum absolute atomic E-state index is 11.4. The number of carboxylic acid groups (broad SMARTS) is 1. The maximum Gasteiger partial charge on any atom is 0.320 e. The Kier molecular flexibility index (Phi) is 8.33. The molecule has 0 saturated carbocycles. The van der Waals surface area contributed by atoms with Crippen molar-refractivity contribution >= 4 is 21.9 Å². The molecule has 0 heterocycles. The summed E-state index contributed by atoms with van der Waals surface area (Å²) in [5, 5.41) is 12.5. The van der Waals surface area contributed by atoms with E-state index in [1.165, 1.54) is 5.56 Å². The van der Waals surface area contributed by atoms with Gasteiger partial charge in [0.1, 0.15) is 12.6 Å². The fourth-order valence-corrected chi connectivity index (χ4v) is 3.35. The molecule has 1 atom stereocenters. The Balaban J connectivity index is 2.11. The van der Waals surface area contributed by atoms with Gasteiger partial charge in [-0.2, -0.15) is 0 Å². The first-order chi connectivity index (χ1) is 13.3. The van der Waals surface area contributed by atoms with Crippen LogP contribution in [0.15, 0.2) is 40.9 Å². The van der Waals surface area contributed by atoms with Crippen molar-refractivity contribution in [3.05, 3.63) is 57.6 Å². The van der Waals surface area contributed by atoms with Crippen molar-refractivity contribution in [3.63, 3.8) is 0 Å². The van der Waals surface area contributed by atoms with Gasteiger partial charge in [0.2, 0.25) is 0 Å². The number of ether oxygens (including phenoxy) is 2. The molecule has 2 aromatic carbocycles. The number of carbonyl (C=O) groups is 1. The Bertz CT molecular complexity index is 807. The van der Waals surface area contributed by atoms with Crippen LogP contribution in [0.3, 0.4) is 0 Å². The number of methoxy groups -OCH3 is 1. The number of rotatable bonds is 10. The van der Waals surface area contributed by atoms with Gasteiger partial charge < -0.3 is 19.9 Å². The smallest absolute Gasteiger partial charge is 0.320 e. The predicted molar refractivity (Wildman–Crippen MR) is 114 cm³/mol.